The van der Waals surface area contributed by atoms with Crippen LogP contribution in [0.3, 0.4) is 0 Å². The van der Waals surface area contributed by atoms with Crippen LogP contribution in [0.25, 0.3) is 0 Å². The van der Waals surface area contributed by atoms with Crippen LogP contribution in [0.1, 0.15) is 43.4 Å². The van der Waals surface area contributed by atoms with Crippen LogP contribution in [0, 0.1) is 5.41 Å². The Morgan fingerprint density at radius 2 is 2.00 bits per heavy atom. The molecule has 2 aliphatic rings. The predicted molar refractivity (Wildman–Crippen MR) is 96.9 cm³/mol. The van der Waals surface area contributed by atoms with Crippen LogP contribution < -0.4 is 5.32 Å². The predicted octanol–water partition coefficient (Wildman–Crippen LogP) is 5.50. The van der Waals surface area contributed by atoms with Gasteiger partial charge in [0.15, 0.2) is 5.76 Å². The summed E-state index contributed by atoms with van der Waals surface area (Å²) in [5.41, 5.74) is 2.06. The lowest BCUT2D eigenvalue weighted by Gasteiger charge is -2.40. The summed E-state index contributed by atoms with van der Waals surface area (Å²) in [7, 11) is 0. The Morgan fingerprint density at radius 1 is 1.17 bits per heavy atom. The van der Waals surface area contributed by atoms with E-state index in [0.717, 1.165) is 42.1 Å². The number of amidine groups is 1. The highest BCUT2D eigenvalue weighted by Gasteiger charge is 2.42. The van der Waals surface area contributed by atoms with Gasteiger partial charge in [-0.05, 0) is 30.5 Å². The molecule has 1 saturated carbocycles. The molecule has 0 atom stereocenters. The van der Waals surface area contributed by atoms with Crippen molar-refractivity contribution in [3.8, 4) is 0 Å². The Morgan fingerprint density at radius 3 is 2.79 bits per heavy atom. The van der Waals surface area contributed by atoms with Crippen molar-refractivity contribution in [2.75, 3.05) is 5.32 Å². The van der Waals surface area contributed by atoms with Gasteiger partial charge in [0.1, 0.15) is 11.5 Å². The van der Waals surface area contributed by atoms with E-state index in [0.29, 0.717) is 16.6 Å². The van der Waals surface area contributed by atoms with E-state index in [1.807, 2.05) is 18.2 Å². The molecule has 1 spiro atoms. The first-order valence-corrected chi connectivity index (χ1v) is 9.11. The van der Waals surface area contributed by atoms with E-state index in [1.54, 1.807) is 6.20 Å². The average molecular weight is 364 g/mol. The first-order valence-electron chi connectivity index (χ1n) is 8.36. The van der Waals surface area contributed by atoms with Crippen molar-refractivity contribution in [3.63, 3.8) is 0 Å². The SMILES string of the molecule is Clc1ccc(CN=C2Nc3cnoc3CC23CCCCC3)cc1Cl. The highest BCUT2D eigenvalue weighted by atomic mass is 35.5. The molecular weight excluding hydrogens is 345 g/mol. The lowest BCUT2D eigenvalue weighted by Crippen LogP contribution is -2.43. The molecular formula is C18H19Cl2N3O. The standard InChI is InChI=1S/C18H19Cl2N3O/c19-13-5-4-12(8-14(13)20)10-21-17-18(6-2-1-3-7-18)9-16-15(23-17)11-22-24-16/h4-5,8,11H,1-3,6-7,9-10H2,(H,21,23). The van der Waals surface area contributed by atoms with Gasteiger partial charge in [-0.25, -0.2) is 0 Å². The lowest BCUT2D eigenvalue weighted by molar-refractivity contribution is 0.249. The Bertz CT molecular complexity index is 778. The third-order valence-electron chi connectivity index (χ3n) is 5.11. The largest absolute Gasteiger partial charge is 0.359 e. The van der Waals surface area contributed by atoms with Gasteiger partial charge in [-0.2, -0.15) is 0 Å². The molecule has 0 saturated heterocycles. The summed E-state index contributed by atoms with van der Waals surface area (Å²) < 4.78 is 5.42. The fraction of sp³-hybridized carbons (Fsp3) is 0.444. The van der Waals surface area contributed by atoms with Gasteiger partial charge in [0.2, 0.25) is 0 Å². The summed E-state index contributed by atoms with van der Waals surface area (Å²) in [5, 5.41) is 8.54. The molecule has 1 N–H and O–H groups in total. The number of halogens is 2. The van der Waals surface area contributed by atoms with Crippen LogP contribution in [0.4, 0.5) is 5.69 Å². The van der Waals surface area contributed by atoms with Gasteiger partial charge in [-0.3, -0.25) is 4.99 Å². The molecule has 1 fully saturated rings. The quantitative estimate of drug-likeness (QED) is 0.766. The summed E-state index contributed by atoms with van der Waals surface area (Å²) in [6.45, 7) is 0.585. The van der Waals surface area contributed by atoms with Crippen LogP contribution >= 0.6 is 23.2 Å². The molecule has 6 heteroatoms. The number of nitrogens with one attached hydrogen (secondary N) is 1. The van der Waals surface area contributed by atoms with Crippen molar-refractivity contribution in [2.24, 2.45) is 10.4 Å². The zero-order chi connectivity index (χ0) is 16.6. The second-order valence-corrected chi connectivity index (χ2v) is 7.53. The number of rotatable bonds is 2. The number of anilines is 1. The highest BCUT2D eigenvalue weighted by molar-refractivity contribution is 6.42. The Labute approximate surface area is 151 Å². The molecule has 126 valence electrons. The van der Waals surface area contributed by atoms with Crippen LogP contribution in [0.2, 0.25) is 10.0 Å². The minimum Gasteiger partial charge on any atom is -0.359 e. The van der Waals surface area contributed by atoms with Crippen LogP contribution in [-0.2, 0) is 13.0 Å². The molecule has 1 aromatic carbocycles. The van der Waals surface area contributed by atoms with Gasteiger partial charge in [0, 0.05) is 11.8 Å². The first kappa shape index (κ1) is 16.0. The zero-order valence-corrected chi connectivity index (χ0v) is 14.8. The molecule has 1 aliphatic heterocycles. The first-order chi connectivity index (χ1) is 11.7. The van der Waals surface area contributed by atoms with E-state index in [-0.39, 0.29) is 5.41 Å². The van der Waals surface area contributed by atoms with Crippen molar-refractivity contribution in [1.82, 2.24) is 5.16 Å². The maximum Gasteiger partial charge on any atom is 0.161 e. The van der Waals surface area contributed by atoms with Crippen molar-refractivity contribution in [2.45, 2.75) is 45.1 Å². The molecule has 0 radical (unpaired) electrons. The Hall–Kier alpha value is -1.52. The normalized spacial score (nSPS) is 20.8. The van der Waals surface area contributed by atoms with Gasteiger partial charge < -0.3 is 9.84 Å². The van der Waals surface area contributed by atoms with E-state index in [4.69, 9.17) is 32.7 Å². The second-order valence-electron chi connectivity index (χ2n) is 6.72. The molecule has 0 bridgehead atoms. The van der Waals surface area contributed by atoms with E-state index >= 15 is 0 Å². The Balaban J connectivity index is 1.64. The van der Waals surface area contributed by atoms with Gasteiger partial charge in [0.05, 0.1) is 22.8 Å². The van der Waals surface area contributed by atoms with E-state index in [2.05, 4.69) is 10.5 Å². The number of nitrogens with zero attached hydrogens (tertiary/aromatic N) is 2. The third-order valence-corrected chi connectivity index (χ3v) is 5.85. The van der Waals surface area contributed by atoms with Crippen LogP contribution in [0.5, 0.6) is 0 Å². The average Bonchev–Trinajstić information content (AvgIpc) is 3.03. The van der Waals surface area contributed by atoms with Crippen molar-refractivity contribution in [1.29, 1.82) is 0 Å². The number of benzene rings is 1. The van der Waals surface area contributed by atoms with Gasteiger partial charge in [-0.1, -0.05) is 53.7 Å². The number of aliphatic imine (C=N–C) groups is 1. The number of aromatic nitrogens is 1. The number of fused-ring (bicyclic) bond motifs is 1. The molecule has 0 amide bonds. The van der Waals surface area contributed by atoms with Gasteiger partial charge in [0.25, 0.3) is 0 Å². The zero-order valence-electron chi connectivity index (χ0n) is 13.3. The molecule has 0 unspecified atom stereocenters. The molecule has 2 heterocycles. The topological polar surface area (TPSA) is 50.4 Å². The summed E-state index contributed by atoms with van der Waals surface area (Å²) in [6, 6.07) is 5.68. The second kappa shape index (κ2) is 6.41. The van der Waals surface area contributed by atoms with E-state index in [1.165, 1.54) is 19.3 Å². The fourth-order valence-corrected chi connectivity index (χ4v) is 4.12. The summed E-state index contributed by atoms with van der Waals surface area (Å²) >= 11 is 12.1. The smallest absolute Gasteiger partial charge is 0.161 e. The minimum atomic E-state index is 0.0566. The lowest BCUT2D eigenvalue weighted by atomic mass is 9.69. The summed E-state index contributed by atoms with van der Waals surface area (Å²) in [6.07, 6.45) is 8.66. The monoisotopic (exact) mass is 363 g/mol. The molecule has 4 rings (SSSR count). The van der Waals surface area contributed by atoms with Crippen LogP contribution in [0.15, 0.2) is 33.9 Å². The van der Waals surface area contributed by atoms with Gasteiger partial charge in [-0.15, -0.1) is 0 Å². The Kier molecular flexibility index (Phi) is 4.27. The maximum atomic E-state index is 6.11. The summed E-state index contributed by atoms with van der Waals surface area (Å²) in [5.74, 6) is 2.01. The summed E-state index contributed by atoms with van der Waals surface area (Å²) in [4.78, 5) is 4.91. The molecule has 1 aliphatic carbocycles. The van der Waals surface area contributed by atoms with Crippen molar-refractivity contribution in [3.05, 3.63) is 45.8 Å². The van der Waals surface area contributed by atoms with Crippen molar-refractivity contribution >= 4 is 34.7 Å². The molecule has 2 aromatic rings. The van der Waals surface area contributed by atoms with E-state index in [9.17, 15) is 0 Å². The van der Waals surface area contributed by atoms with Crippen LogP contribution in [-0.4, -0.2) is 11.0 Å². The van der Waals surface area contributed by atoms with Gasteiger partial charge >= 0.3 is 0 Å². The molecule has 24 heavy (non-hydrogen) atoms. The maximum absolute atomic E-state index is 6.11. The molecule has 1 aromatic heterocycles. The third kappa shape index (κ3) is 2.93. The van der Waals surface area contributed by atoms with E-state index < -0.39 is 0 Å². The fourth-order valence-electron chi connectivity index (χ4n) is 3.80. The number of hydrogen-bond acceptors (Lipinski definition) is 3. The number of hydrogen-bond donors (Lipinski definition) is 1. The minimum absolute atomic E-state index is 0.0566. The van der Waals surface area contributed by atoms with Crippen molar-refractivity contribution < 1.29 is 4.52 Å². The molecule has 4 nitrogen and oxygen atoms in total. The highest BCUT2D eigenvalue weighted by Crippen LogP contribution is 2.45.